The predicted molar refractivity (Wildman–Crippen MR) is 373 cm³/mol. The standard InChI is InChI=1S/C86H56N4/c1-5-25-57(26-6-1)59-29-23-35-63(51-59)87-79-45-21-16-40-70(79)72-49-47-65(53-81(72)87)89-83-55-74-69-39-15-20-44-77(69)85(75-42-18-13-37-67(75)68-38-14-19-43-76(68)85)78(74)56-84(83)90(86(89,61-31-9-3-10-32-61)62-33-11-4-12-34-62)66-48-50-73-71-41-17-22-46-80(71)88(82(73)54-66)64-36-24-30-60(52-64)58-27-7-2-8-28-58/h1-56H. The number of hydrogen-bond acceptors (Lipinski definition) is 2. The summed E-state index contributed by atoms with van der Waals surface area (Å²) in [7, 11) is 0. The highest BCUT2D eigenvalue weighted by Gasteiger charge is 2.57. The topological polar surface area (TPSA) is 16.3 Å². The first-order valence-electron chi connectivity index (χ1n) is 31.2. The Labute approximate surface area is 522 Å². The van der Waals surface area contributed by atoms with Gasteiger partial charge in [0.1, 0.15) is 0 Å². The lowest BCUT2D eigenvalue weighted by molar-refractivity contribution is 0.560. The molecule has 0 fully saturated rings. The summed E-state index contributed by atoms with van der Waals surface area (Å²) in [6, 6.07) is 127. The Bertz CT molecular complexity index is 5480. The second-order valence-corrected chi connectivity index (χ2v) is 24.3. The SMILES string of the molecule is c1ccc(-c2cccc(-n3c4ccccc4c4ccc(N5c6cc7c(cc6N(c6ccc8c9ccccc9n(-c9cccc(-c%10ccccc%10)c9)c8c6)C5(c5ccccc5)c5ccccc5)C5(c6ccccc6-c6ccccc65)c5ccccc5-7)cc43)c2)cc1. The van der Waals surface area contributed by atoms with Crippen LogP contribution in [0.1, 0.15) is 33.4 Å². The van der Waals surface area contributed by atoms with Crippen molar-refractivity contribution in [3.05, 3.63) is 373 Å². The summed E-state index contributed by atoms with van der Waals surface area (Å²) in [4.78, 5) is 5.41. The number of para-hydroxylation sites is 2. The molecule has 4 nitrogen and oxygen atoms in total. The zero-order valence-electron chi connectivity index (χ0n) is 49.1. The summed E-state index contributed by atoms with van der Waals surface area (Å²) in [6.45, 7) is 0. The summed E-state index contributed by atoms with van der Waals surface area (Å²) >= 11 is 0. The number of fused-ring (bicyclic) bond motifs is 17. The van der Waals surface area contributed by atoms with E-state index in [4.69, 9.17) is 0 Å². The lowest BCUT2D eigenvalue weighted by Crippen LogP contribution is -2.51. The summed E-state index contributed by atoms with van der Waals surface area (Å²) < 4.78 is 4.97. The molecule has 0 saturated carbocycles. The van der Waals surface area contributed by atoms with Gasteiger partial charge in [-0.05, 0) is 140 Å². The third-order valence-electron chi connectivity index (χ3n) is 19.8. The van der Waals surface area contributed by atoms with Crippen LogP contribution in [0.4, 0.5) is 22.7 Å². The Kier molecular flexibility index (Phi) is 10.9. The van der Waals surface area contributed by atoms with Crippen LogP contribution in [0.5, 0.6) is 0 Å². The number of aromatic nitrogens is 2. The fourth-order valence-corrected chi connectivity index (χ4v) is 16.3. The van der Waals surface area contributed by atoms with Crippen molar-refractivity contribution in [1.82, 2.24) is 9.13 Å². The largest absolute Gasteiger partial charge is 0.309 e. The molecule has 0 bridgehead atoms. The second kappa shape index (κ2) is 19.4. The summed E-state index contributed by atoms with van der Waals surface area (Å²) in [5.74, 6) is 0. The second-order valence-electron chi connectivity index (χ2n) is 24.3. The fraction of sp³-hybridized carbons (Fsp3) is 0.0233. The van der Waals surface area contributed by atoms with Gasteiger partial charge in [-0.15, -0.1) is 0 Å². The molecule has 2 aromatic heterocycles. The van der Waals surface area contributed by atoms with Crippen LogP contribution in [-0.2, 0) is 11.1 Å². The average molecular weight is 1150 g/mol. The molecule has 1 spiro atoms. The van der Waals surface area contributed by atoms with Gasteiger partial charge in [0.25, 0.3) is 0 Å². The molecule has 14 aromatic carbocycles. The Morgan fingerprint density at radius 3 is 1.04 bits per heavy atom. The molecule has 1 aliphatic heterocycles. The number of benzene rings is 14. The average Bonchev–Trinajstić information content (AvgIpc) is 1.50. The molecule has 0 unspecified atom stereocenters. The van der Waals surface area contributed by atoms with E-state index in [0.29, 0.717) is 0 Å². The molecule has 0 amide bonds. The molecule has 2 aliphatic carbocycles. The van der Waals surface area contributed by atoms with Crippen molar-refractivity contribution >= 4 is 66.4 Å². The minimum atomic E-state index is -1.03. The highest BCUT2D eigenvalue weighted by Crippen LogP contribution is 2.68. The summed E-state index contributed by atoms with van der Waals surface area (Å²) in [5.41, 5.74) is 26.7. The van der Waals surface area contributed by atoms with Crippen molar-refractivity contribution in [3.8, 4) is 55.9 Å². The monoisotopic (exact) mass is 1140 g/mol. The first-order valence-corrected chi connectivity index (χ1v) is 31.2. The smallest absolute Gasteiger partial charge is 0.175 e. The van der Waals surface area contributed by atoms with Gasteiger partial charge in [-0.3, -0.25) is 0 Å². The number of rotatable bonds is 8. The normalized spacial score (nSPS) is 13.9. The van der Waals surface area contributed by atoms with Gasteiger partial charge < -0.3 is 18.9 Å². The third-order valence-corrected chi connectivity index (χ3v) is 19.8. The van der Waals surface area contributed by atoms with Crippen molar-refractivity contribution in [2.75, 3.05) is 9.80 Å². The van der Waals surface area contributed by atoms with Gasteiger partial charge in [-0.1, -0.05) is 267 Å². The van der Waals surface area contributed by atoms with E-state index in [0.717, 1.165) is 67.3 Å². The maximum absolute atomic E-state index is 2.71. The van der Waals surface area contributed by atoms with E-state index in [1.807, 2.05) is 0 Å². The van der Waals surface area contributed by atoms with Crippen LogP contribution in [0.2, 0.25) is 0 Å². The maximum Gasteiger partial charge on any atom is 0.175 e. The lowest BCUT2D eigenvalue weighted by Gasteiger charge is -2.47. The van der Waals surface area contributed by atoms with Crippen molar-refractivity contribution in [2.45, 2.75) is 11.1 Å². The van der Waals surface area contributed by atoms with Crippen LogP contribution in [0.3, 0.4) is 0 Å². The molecule has 0 N–H and O–H groups in total. The van der Waals surface area contributed by atoms with E-state index >= 15 is 0 Å². The molecule has 4 heteroatoms. The zero-order valence-corrected chi connectivity index (χ0v) is 49.1. The molecule has 0 saturated heterocycles. The van der Waals surface area contributed by atoms with E-state index in [1.54, 1.807) is 0 Å². The molecular formula is C86H56N4. The number of nitrogens with zero attached hydrogens (tertiary/aromatic N) is 4. The van der Waals surface area contributed by atoms with E-state index in [9.17, 15) is 0 Å². The Morgan fingerprint density at radius 1 is 0.211 bits per heavy atom. The Hall–Kier alpha value is -11.7. The minimum absolute atomic E-state index is 0.594. The van der Waals surface area contributed by atoms with Gasteiger partial charge in [0.05, 0.1) is 38.9 Å². The summed E-state index contributed by atoms with van der Waals surface area (Å²) in [5, 5.41) is 4.80. The quantitative estimate of drug-likeness (QED) is 0.151. The van der Waals surface area contributed by atoms with Crippen LogP contribution in [0.25, 0.3) is 99.5 Å². The highest BCUT2D eigenvalue weighted by atomic mass is 15.5. The van der Waals surface area contributed by atoms with E-state index in [1.165, 1.54) is 88.3 Å². The molecule has 0 radical (unpaired) electrons. The molecule has 16 aromatic rings. The molecule has 420 valence electrons. The molecule has 19 rings (SSSR count). The van der Waals surface area contributed by atoms with Crippen LogP contribution in [-0.4, -0.2) is 9.13 Å². The van der Waals surface area contributed by atoms with Gasteiger partial charge in [0, 0.05) is 55.4 Å². The van der Waals surface area contributed by atoms with Crippen LogP contribution in [0, 0.1) is 0 Å². The maximum atomic E-state index is 2.71. The van der Waals surface area contributed by atoms with Gasteiger partial charge >= 0.3 is 0 Å². The van der Waals surface area contributed by atoms with Crippen molar-refractivity contribution < 1.29 is 0 Å². The van der Waals surface area contributed by atoms with Crippen LogP contribution >= 0.6 is 0 Å². The van der Waals surface area contributed by atoms with Gasteiger partial charge in [-0.2, -0.15) is 0 Å². The zero-order chi connectivity index (χ0) is 59.1. The third kappa shape index (κ3) is 6.96. The van der Waals surface area contributed by atoms with E-state index < -0.39 is 11.1 Å². The van der Waals surface area contributed by atoms with Crippen molar-refractivity contribution in [1.29, 1.82) is 0 Å². The molecule has 3 aliphatic rings. The molecular weight excluding hydrogens is 1090 g/mol. The van der Waals surface area contributed by atoms with Gasteiger partial charge in [-0.25, -0.2) is 0 Å². The summed E-state index contributed by atoms with van der Waals surface area (Å²) in [6.07, 6.45) is 0. The lowest BCUT2D eigenvalue weighted by atomic mass is 9.70. The first kappa shape index (κ1) is 50.4. The number of hydrogen-bond donors (Lipinski definition) is 0. The highest BCUT2D eigenvalue weighted by molar-refractivity contribution is 6.13. The molecule has 3 heterocycles. The first-order chi connectivity index (χ1) is 44.7. The Morgan fingerprint density at radius 2 is 0.578 bits per heavy atom. The van der Waals surface area contributed by atoms with Gasteiger partial charge in [0.15, 0.2) is 5.66 Å². The minimum Gasteiger partial charge on any atom is -0.309 e. The van der Waals surface area contributed by atoms with Crippen LogP contribution < -0.4 is 9.80 Å². The Balaban J connectivity index is 0.948. The predicted octanol–water partition coefficient (Wildman–Crippen LogP) is 21.7. The van der Waals surface area contributed by atoms with Crippen molar-refractivity contribution in [2.24, 2.45) is 0 Å². The van der Waals surface area contributed by atoms with E-state index in [2.05, 4.69) is 359 Å². The number of anilines is 4. The van der Waals surface area contributed by atoms with Crippen LogP contribution in [0.15, 0.2) is 340 Å². The van der Waals surface area contributed by atoms with Crippen molar-refractivity contribution in [3.63, 3.8) is 0 Å². The van der Waals surface area contributed by atoms with E-state index in [-0.39, 0.29) is 0 Å². The fourth-order valence-electron chi connectivity index (χ4n) is 16.3. The van der Waals surface area contributed by atoms with Gasteiger partial charge in [0.2, 0.25) is 0 Å². The molecule has 0 atom stereocenters. The molecule has 90 heavy (non-hydrogen) atoms.